The summed E-state index contributed by atoms with van der Waals surface area (Å²) in [5.74, 6) is 2.25. The van der Waals surface area contributed by atoms with Crippen LogP contribution in [0.4, 0.5) is 14.5 Å². The van der Waals surface area contributed by atoms with Crippen molar-refractivity contribution < 1.29 is 18.3 Å². The molecule has 14 aliphatic carbocycles. The number of thioether (sulfide) groups is 1. The van der Waals surface area contributed by atoms with Crippen LogP contribution in [0.15, 0.2) is 443 Å². The second kappa shape index (κ2) is 32.5. The van der Waals surface area contributed by atoms with Crippen LogP contribution in [0.3, 0.4) is 0 Å². The minimum Gasteiger partial charge on any atom is -0.490 e. The maximum Gasteiger partial charge on any atom is 0.123 e. The van der Waals surface area contributed by atoms with E-state index in [1.807, 2.05) is 23.9 Å². The minimum atomic E-state index is -0.664. The highest BCUT2D eigenvalue weighted by atomic mass is 32.2. The molecule has 21 rings (SSSR count). The first kappa shape index (κ1) is 76.4. The van der Waals surface area contributed by atoms with Crippen molar-refractivity contribution in [2.75, 3.05) is 4.90 Å². The first-order valence-electron chi connectivity index (χ1n) is 44.1. The van der Waals surface area contributed by atoms with Gasteiger partial charge < -0.3 is 19.3 Å². The van der Waals surface area contributed by atoms with Gasteiger partial charge in [0.1, 0.15) is 29.6 Å². The van der Waals surface area contributed by atoms with E-state index in [1.165, 1.54) is 139 Å². The highest BCUT2D eigenvalue weighted by Gasteiger charge is 2.53. The summed E-state index contributed by atoms with van der Waals surface area (Å²) in [6.45, 7) is 8.07. The van der Waals surface area contributed by atoms with Crippen LogP contribution in [-0.4, -0.2) is 34.4 Å². The third kappa shape index (κ3) is 14.0. The Balaban J connectivity index is 0.643. The predicted octanol–water partition coefficient (Wildman–Crippen LogP) is 28.5. The van der Waals surface area contributed by atoms with Crippen LogP contribution >= 0.6 is 11.8 Å². The van der Waals surface area contributed by atoms with Crippen LogP contribution in [0.2, 0.25) is 0 Å². The smallest absolute Gasteiger partial charge is 0.123 e. The van der Waals surface area contributed by atoms with Gasteiger partial charge in [0.25, 0.3) is 0 Å². The molecule has 0 radical (unpaired) electrons. The van der Waals surface area contributed by atoms with Crippen molar-refractivity contribution in [2.24, 2.45) is 5.92 Å². The second-order valence-corrected chi connectivity index (χ2v) is 35.8. The molecule has 6 aromatic rings. The zero-order valence-corrected chi connectivity index (χ0v) is 69.4. The summed E-state index contributed by atoms with van der Waals surface area (Å²) in [6, 6.07) is 52.9. The fraction of sp³-hybridized carbons (Fsp3) is 0.228. The third-order valence-corrected chi connectivity index (χ3v) is 29.2. The molecule has 0 fully saturated rings. The Morgan fingerprint density at radius 3 is 2.06 bits per heavy atom. The van der Waals surface area contributed by atoms with Gasteiger partial charge in [-0.1, -0.05) is 261 Å². The van der Waals surface area contributed by atoms with Crippen molar-refractivity contribution in [3.05, 3.63) is 483 Å². The van der Waals surface area contributed by atoms with Crippen molar-refractivity contribution in [1.29, 1.82) is 0 Å². The van der Waals surface area contributed by atoms with Gasteiger partial charge in [0.05, 0.1) is 28.7 Å². The Bertz CT molecular complexity index is 6130. The van der Waals surface area contributed by atoms with E-state index in [2.05, 4.69) is 333 Å². The first-order chi connectivity index (χ1) is 59.6. The van der Waals surface area contributed by atoms with E-state index in [-0.39, 0.29) is 53.0 Å². The Labute approximate surface area is 716 Å². The zero-order chi connectivity index (χ0) is 81.1. The summed E-state index contributed by atoms with van der Waals surface area (Å²) < 4.78 is 44.7. The lowest BCUT2D eigenvalue weighted by Gasteiger charge is -2.44. The van der Waals surface area contributed by atoms with Gasteiger partial charge in [-0.05, 0) is 285 Å². The summed E-state index contributed by atoms with van der Waals surface area (Å²) >= 11 is 2.01. The van der Waals surface area contributed by atoms with E-state index in [0.717, 1.165) is 101 Å². The quantitative estimate of drug-likeness (QED) is 0.0710. The fourth-order valence-electron chi connectivity index (χ4n) is 21.9. The van der Waals surface area contributed by atoms with Crippen molar-refractivity contribution >= 4 is 34.2 Å². The Hall–Kier alpha value is -12.0. The average Bonchev–Trinajstić information content (AvgIpc) is 1.58. The van der Waals surface area contributed by atoms with Gasteiger partial charge in [0.2, 0.25) is 0 Å². The highest BCUT2D eigenvalue weighted by molar-refractivity contribution is 8.00. The van der Waals surface area contributed by atoms with Gasteiger partial charge in [-0.3, -0.25) is 0 Å². The van der Waals surface area contributed by atoms with Gasteiger partial charge in [0, 0.05) is 70.4 Å². The minimum absolute atomic E-state index is 0.0214. The molecule has 598 valence electrons. The highest BCUT2D eigenvalue weighted by Crippen LogP contribution is 2.63. The number of hydrogen-bond acceptors (Lipinski definition) is 5. The van der Waals surface area contributed by atoms with Crippen LogP contribution < -0.4 is 4.90 Å². The Morgan fingerprint density at radius 1 is 0.512 bits per heavy atom. The molecule has 121 heavy (non-hydrogen) atoms. The number of rotatable bonds is 20. The van der Waals surface area contributed by atoms with Crippen LogP contribution in [0.1, 0.15) is 154 Å². The molecule has 7 heteroatoms. The van der Waals surface area contributed by atoms with E-state index in [9.17, 15) is 0 Å². The number of benzene rings is 6. The predicted molar refractivity (Wildman–Crippen MR) is 497 cm³/mol. The second-order valence-electron chi connectivity index (χ2n) is 34.6. The number of allylic oxidation sites excluding steroid dienone is 38. The molecule has 10 atom stereocenters. The third-order valence-electron chi connectivity index (χ3n) is 27.8. The maximum atomic E-state index is 15.6. The molecule has 1 heterocycles. The molecule has 0 bridgehead atoms. The summed E-state index contributed by atoms with van der Waals surface area (Å²) in [4.78, 5) is 6.68. The first-order valence-corrected chi connectivity index (χ1v) is 45.0. The molecule has 0 amide bonds. The average molecular weight is 1600 g/mol. The molecular weight excluding hydrogens is 1500 g/mol. The lowest BCUT2D eigenvalue weighted by Crippen LogP contribution is -2.45. The summed E-state index contributed by atoms with van der Waals surface area (Å²) in [7, 11) is 0. The number of hydrogen-bond donors (Lipinski definition) is 0. The topological polar surface area (TPSA) is 24.9 Å². The molecule has 0 saturated heterocycles. The summed E-state index contributed by atoms with van der Waals surface area (Å²) in [6.07, 6.45) is 87.1. The molecule has 4 nitrogen and oxygen atoms in total. The molecule has 1 aliphatic heterocycles. The molecular formula is C114H100F2N2O2S. The molecule has 15 aliphatic rings. The van der Waals surface area contributed by atoms with Gasteiger partial charge in [-0.15, -0.1) is 18.3 Å². The number of ether oxygens (including phenoxy) is 2. The number of anilines is 1. The van der Waals surface area contributed by atoms with Crippen molar-refractivity contribution in [3.63, 3.8) is 0 Å². The van der Waals surface area contributed by atoms with E-state index in [0.29, 0.717) is 25.2 Å². The maximum absolute atomic E-state index is 15.6. The van der Waals surface area contributed by atoms with Crippen LogP contribution in [0.25, 0.3) is 27.8 Å². The van der Waals surface area contributed by atoms with Crippen molar-refractivity contribution in [3.8, 4) is 11.1 Å². The van der Waals surface area contributed by atoms with E-state index >= 15 is 8.78 Å². The monoisotopic (exact) mass is 1600 g/mol. The zero-order valence-electron chi connectivity index (χ0n) is 68.6. The normalized spacial score (nSPS) is 27.0. The van der Waals surface area contributed by atoms with Crippen molar-refractivity contribution in [1.82, 2.24) is 4.90 Å². The van der Waals surface area contributed by atoms with E-state index in [4.69, 9.17) is 9.47 Å². The van der Waals surface area contributed by atoms with Crippen LogP contribution in [0, 0.1) is 11.7 Å². The molecule has 0 aromatic heterocycles. The van der Waals surface area contributed by atoms with Gasteiger partial charge in [-0.25, -0.2) is 8.78 Å². The molecule has 0 spiro atoms. The van der Waals surface area contributed by atoms with Crippen LogP contribution in [-0.2, 0) is 20.3 Å². The largest absolute Gasteiger partial charge is 0.490 e. The Kier molecular flexibility index (Phi) is 20.5. The molecule has 0 saturated carbocycles. The van der Waals surface area contributed by atoms with E-state index in [1.54, 1.807) is 18.2 Å². The lowest BCUT2D eigenvalue weighted by molar-refractivity contribution is 0.147. The molecule has 0 N–H and O–H groups in total. The molecule has 6 aromatic carbocycles. The lowest BCUT2D eigenvalue weighted by atomic mass is 9.62. The van der Waals surface area contributed by atoms with Gasteiger partial charge >= 0.3 is 0 Å². The van der Waals surface area contributed by atoms with E-state index < -0.39 is 10.8 Å². The SMILES string of the molecule is C=CC1=CC=C(OC2C=CC(C3(c4ccc(F)cc4)C4=C(CCC=C4)C4=C3CC(N(c3ccc5c(c3)SC3C=C(N(C6=CCC(c7cccc(-c8ccccc8)c7)C=C6)C6=CC7=C(CC6)c6ccccc6C7(C6=CCC(OC7=CCC(C=C)C=C7)C=C6)C6=CC=C(F)CC6)C=CC53)C3C=CC(c5cccc(C6=CCCC=C6)c5)=CC3)C=C4)=CC2)CC1. The number of fused-ring (bicyclic) bond motifs is 6. The standard InChI is InChI=1S/C114H100F2N2O2S/c1-3-75-29-57-97(58-30-75)119-99-61-41-87(42-62-99)113(85-37-45-89(115)46-38-85)107-27-13-11-25-101(107)103-65-53-93(71-109(103)113)117(91-49-33-79(34-50-91)83-23-15-21-81(69-83)77-17-7-5-8-18-77)95-55-67-105-106-68-56-96(74-112(106)121-111(105)73-95)118(92-51-35-80(36-52-92)84-24-16-22-82(70-84)78-19-9-6-10-20-78)94-54-66-104-102-26-12-14-28-108(102)114(110(104)72-94,86-39-47-90(116)48-40-86)88-43-63-100(64-44-88)120-98-59-31-76(4-2)32-60-98/h3-5,7-9,11,13-25,27-29,31,33,35-37,39-45,47-51,54-59,61,63,66-71,73-75,79,92,94,99-100,105,111H,1-2,6,10,12,26,30,32,34,38,46,52-53,60,62,64-65,72H2. The van der Waals surface area contributed by atoms with Crippen molar-refractivity contribution in [2.45, 2.75) is 160 Å². The molecule has 10 unspecified atom stereocenters. The number of halogens is 2. The van der Waals surface area contributed by atoms with Gasteiger partial charge in [0.15, 0.2) is 0 Å². The van der Waals surface area contributed by atoms with Crippen LogP contribution in [0.5, 0.6) is 0 Å². The number of nitrogens with zero attached hydrogens (tertiary/aromatic N) is 2. The summed E-state index contributed by atoms with van der Waals surface area (Å²) in [5, 5.41) is 0.114. The Morgan fingerprint density at radius 2 is 1.31 bits per heavy atom. The summed E-state index contributed by atoms with van der Waals surface area (Å²) in [5.41, 5.74) is 30.2. The fourth-order valence-corrected chi connectivity index (χ4v) is 23.3. The van der Waals surface area contributed by atoms with Gasteiger partial charge in [-0.2, -0.15) is 0 Å².